The van der Waals surface area contributed by atoms with Crippen molar-refractivity contribution >= 4 is 32.7 Å². The molecular weight excluding hydrogens is 751 g/mol. The Bertz CT molecular complexity index is 3480. The van der Waals surface area contributed by atoms with Gasteiger partial charge in [0.2, 0.25) is 0 Å². The second-order valence-corrected chi connectivity index (χ2v) is 16.0. The van der Waals surface area contributed by atoms with Crippen molar-refractivity contribution in [3.8, 4) is 89.8 Å². The van der Waals surface area contributed by atoms with Crippen molar-refractivity contribution < 1.29 is 0 Å². The Morgan fingerprint density at radius 1 is 0.306 bits per heavy atom. The minimum atomic E-state index is 0.621. The van der Waals surface area contributed by atoms with Crippen molar-refractivity contribution in [2.45, 2.75) is 0 Å². The van der Waals surface area contributed by atoms with Gasteiger partial charge in [-0.2, -0.15) is 0 Å². The summed E-state index contributed by atoms with van der Waals surface area (Å²) in [5.74, 6) is 1.87. The minimum absolute atomic E-state index is 0.621. The largest absolute Gasteiger partial charge is 0.208 e. The van der Waals surface area contributed by atoms with Gasteiger partial charge in [0.05, 0.1) is 0 Å². The highest BCUT2D eigenvalue weighted by atomic mass is 15.0. The molecule has 62 heavy (non-hydrogen) atoms. The maximum atomic E-state index is 5.14. The first kappa shape index (κ1) is 35.7. The zero-order valence-electron chi connectivity index (χ0n) is 33.8. The zero-order valence-corrected chi connectivity index (χ0v) is 33.8. The van der Waals surface area contributed by atoms with E-state index in [2.05, 4.69) is 201 Å². The summed E-state index contributed by atoms with van der Waals surface area (Å²) in [5.41, 5.74) is 19.5. The highest BCUT2D eigenvalue weighted by molar-refractivity contribution is 6.24. The molecule has 2 aliphatic carbocycles. The van der Waals surface area contributed by atoms with Gasteiger partial charge in [0.1, 0.15) is 0 Å². The van der Waals surface area contributed by atoms with Crippen LogP contribution in [0.25, 0.3) is 122 Å². The van der Waals surface area contributed by atoms with Gasteiger partial charge in [0.25, 0.3) is 0 Å². The first-order valence-corrected chi connectivity index (χ1v) is 21.0. The standard InChI is InChI=1S/C59H37N3/c1-3-11-44-36(2)45-16-9-17-50-46(32-34-53(44)55(45)50)39-22-28-42(29-23-39)58-60-57(41-26-20-38(21-27-41)37-12-5-4-6-13-37)61-59(62-58)43-30-24-40(25-31-43)47-33-35-54-49-15-8-7-14-48(49)52-19-10-18-51(47)56(52)54/h3-35H,1-2H2/b44-11+. The summed E-state index contributed by atoms with van der Waals surface area (Å²) in [7, 11) is 0. The monoisotopic (exact) mass is 787 g/mol. The number of allylic oxidation sites excluding steroid dienone is 4. The van der Waals surface area contributed by atoms with E-state index >= 15 is 0 Å². The summed E-state index contributed by atoms with van der Waals surface area (Å²) in [5, 5.41) is 5.02. The van der Waals surface area contributed by atoms with Crippen LogP contribution in [0.4, 0.5) is 0 Å². The van der Waals surface area contributed by atoms with Crippen LogP contribution >= 0.6 is 0 Å². The predicted octanol–water partition coefficient (Wildman–Crippen LogP) is 15.4. The third kappa shape index (κ3) is 5.63. The van der Waals surface area contributed by atoms with Gasteiger partial charge in [-0.15, -0.1) is 0 Å². The topological polar surface area (TPSA) is 38.7 Å². The fourth-order valence-electron chi connectivity index (χ4n) is 9.61. The van der Waals surface area contributed by atoms with Crippen LogP contribution < -0.4 is 0 Å². The van der Waals surface area contributed by atoms with E-state index in [1.165, 1.54) is 71.6 Å². The van der Waals surface area contributed by atoms with E-state index in [1.807, 2.05) is 12.1 Å². The van der Waals surface area contributed by atoms with Crippen molar-refractivity contribution in [1.29, 1.82) is 0 Å². The van der Waals surface area contributed by atoms with E-state index in [9.17, 15) is 0 Å². The van der Waals surface area contributed by atoms with Crippen LogP contribution in [0.2, 0.25) is 0 Å². The Morgan fingerprint density at radius 2 is 0.694 bits per heavy atom. The van der Waals surface area contributed by atoms with Crippen LogP contribution in [-0.4, -0.2) is 15.0 Å². The van der Waals surface area contributed by atoms with Crippen molar-refractivity contribution in [2.75, 3.05) is 0 Å². The van der Waals surface area contributed by atoms with Crippen LogP contribution in [-0.2, 0) is 0 Å². The molecule has 0 aliphatic heterocycles. The smallest absolute Gasteiger partial charge is 0.164 e. The highest BCUT2D eigenvalue weighted by Gasteiger charge is 2.25. The van der Waals surface area contributed by atoms with Gasteiger partial charge in [0.15, 0.2) is 17.5 Å². The Hall–Kier alpha value is -8.27. The lowest BCUT2D eigenvalue weighted by molar-refractivity contribution is 1.07. The van der Waals surface area contributed by atoms with E-state index in [1.54, 1.807) is 0 Å². The minimum Gasteiger partial charge on any atom is -0.208 e. The summed E-state index contributed by atoms with van der Waals surface area (Å²) < 4.78 is 0. The molecule has 0 saturated heterocycles. The van der Waals surface area contributed by atoms with E-state index in [4.69, 9.17) is 15.0 Å². The number of rotatable bonds is 7. The molecule has 1 heterocycles. The molecule has 0 radical (unpaired) electrons. The lowest BCUT2D eigenvalue weighted by atomic mass is 9.94. The molecule has 0 unspecified atom stereocenters. The lowest BCUT2D eigenvalue weighted by Crippen LogP contribution is -2.00. The zero-order chi connectivity index (χ0) is 41.3. The summed E-state index contributed by atoms with van der Waals surface area (Å²) in [6.45, 7) is 8.37. The lowest BCUT2D eigenvalue weighted by Gasteiger charge is -2.12. The van der Waals surface area contributed by atoms with Gasteiger partial charge >= 0.3 is 0 Å². The summed E-state index contributed by atoms with van der Waals surface area (Å²) in [6.07, 6.45) is 3.90. The maximum absolute atomic E-state index is 5.14. The number of hydrogen-bond acceptors (Lipinski definition) is 3. The number of hydrogen-bond donors (Lipinski definition) is 0. The number of aromatic nitrogens is 3. The average Bonchev–Trinajstić information content (AvgIpc) is 3.82. The van der Waals surface area contributed by atoms with Crippen LogP contribution in [0.1, 0.15) is 11.1 Å². The Morgan fingerprint density at radius 3 is 1.23 bits per heavy atom. The van der Waals surface area contributed by atoms with Crippen molar-refractivity contribution in [1.82, 2.24) is 15.0 Å². The second-order valence-electron chi connectivity index (χ2n) is 16.0. The second kappa shape index (κ2) is 14.2. The van der Waals surface area contributed by atoms with Crippen molar-refractivity contribution in [3.63, 3.8) is 0 Å². The van der Waals surface area contributed by atoms with Crippen LogP contribution in [0.3, 0.4) is 0 Å². The molecule has 0 bridgehead atoms. The Kier molecular flexibility index (Phi) is 8.16. The first-order valence-electron chi connectivity index (χ1n) is 21.0. The molecule has 2 aliphatic rings. The molecule has 0 fully saturated rings. The van der Waals surface area contributed by atoms with E-state index in [0.717, 1.165) is 44.5 Å². The number of fused-ring (bicyclic) bond motifs is 3. The van der Waals surface area contributed by atoms with Crippen LogP contribution in [0.15, 0.2) is 213 Å². The number of benzene rings is 9. The summed E-state index contributed by atoms with van der Waals surface area (Å²) in [4.78, 5) is 15.4. The molecule has 3 heteroatoms. The van der Waals surface area contributed by atoms with Gasteiger partial charge in [-0.1, -0.05) is 213 Å². The molecular formula is C59H37N3. The summed E-state index contributed by atoms with van der Waals surface area (Å²) in [6, 6.07) is 67.0. The van der Waals surface area contributed by atoms with Gasteiger partial charge in [-0.3, -0.25) is 0 Å². The predicted molar refractivity (Wildman–Crippen MR) is 259 cm³/mol. The molecule has 0 atom stereocenters. The molecule has 1 aromatic heterocycles. The fraction of sp³-hybridized carbons (Fsp3) is 0. The SMILES string of the molecule is C=C/C=C1\C(=C)c2cccc3c(-c4ccc(-c5nc(-c6ccc(-c7ccccc7)cc6)nc(-c6ccc(-c7ccc8c9c(cccc79)-c7ccccc7-8)cc6)n5)cc4)ccc1c23. The third-order valence-corrected chi connectivity index (χ3v) is 12.6. The molecule has 9 aromatic carbocycles. The van der Waals surface area contributed by atoms with Crippen molar-refractivity contribution in [2.24, 2.45) is 0 Å². The van der Waals surface area contributed by atoms with Gasteiger partial charge < -0.3 is 0 Å². The Balaban J connectivity index is 0.935. The summed E-state index contributed by atoms with van der Waals surface area (Å²) >= 11 is 0. The molecule has 0 N–H and O–H groups in total. The number of nitrogens with zero attached hydrogens (tertiary/aromatic N) is 3. The van der Waals surface area contributed by atoms with E-state index < -0.39 is 0 Å². The van der Waals surface area contributed by atoms with Crippen LogP contribution in [0.5, 0.6) is 0 Å². The molecule has 3 nitrogen and oxygen atoms in total. The maximum Gasteiger partial charge on any atom is 0.164 e. The van der Waals surface area contributed by atoms with E-state index in [-0.39, 0.29) is 0 Å². The molecule has 0 saturated carbocycles. The molecule has 0 spiro atoms. The molecule has 288 valence electrons. The molecule has 0 amide bonds. The van der Waals surface area contributed by atoms with Crippen LogP contribution in [0, 0.1) is 0 Å². The third-order valence-electron chi connectivity index (χ3n) is 12.6. The molecule has 10 aromatic rings. The highest BCUT2D eigenvalue weighted by Crippen LogP contribution is 2.50. The fourth-order valence-corrected chi connectivity index (χ4v) is 9.61. The average molecular weight is 788 g/mol. The van der Waals surface area contributed by atoms with Gasteiger partial charge in [-0.25, -0.2) is 15.0 Å². The van der Waals surface area contributed by atoms with Gasteiger partial charge in [-0.05, 0) is 99.5 Å². The first-order chi connectivity index (χ1) is 30.6. The molecule has 12 rings (SSSR count). The van der Waals surface area contributed by atoms with E-state index in [0.29, 0.717) is 17.5 Å². The van der Waals surface area contributed by atoms with Gasteiger partial charge in [0, 0.05) is 16.7 Å². The normalized spacial score (nSPS) is 13.0. The quantitative estimate of drug-likeness (QED) is 0.161. The Labute approximate surface area is 360 Å². The van der Waals surface area contributed by atoms with Crippen molar-refractivity contribution in [3.05, 3.63) is 224 Å².